The molecular weight excluding hydrogens is 349 g/mol. The minimum absolute atomic E-state index is 0.00827. The summed E-state index contributed by atoms with van der Waals surface area (Å²) < 4.78 is 39.5. The average molecular weight is 362 g/mol. The molecule has 0 radical (unpaired) electrons. The van der Waals surface area contributed by atoms with E-state index in [2.05, 4.69) is 20.6 Å². The second-order valence-electron chi connectivity index (χ2n) is 5.90. The largest absolute Gasteiger partial charge is 0.453 e. The lowest BCUT2D eigenvalue weighted by Crippen LogP contribution is -2.25. The van der Waals surface area contributed by atoms with E-state index in [0.717, 1.165) is 17.7 Å². The molecule has 0 unspecified atom stereocenters. The number of alkyl halides is 3. The van der Waals surface area contributed by atoms with Gasteiger partial charge in [0.1, 0.15) is 0 Å². The van der Waals surface area contributed by atoms with Crippen molar-refractivity contribution in [1.29, 1.82) is 0 Å². The highest BCUT2D eigenvalue weighted by Crippen LogP contribution is 2.32. The summed E-state index contributed by atoms with van der Waals surface area (Å²) in [7, 11) is 0. The lowest BCUT2D eigenvalue weighted by Gasteiger charge is -2.15. The summed E-state index contributed by atoms with van der Waals surface area (Å²) in [5.74, 6) is -0.977. The Labute approximate surface area is 145 Å². The van der Waals surface area contributed by atoms with Crippen LogP contribution in [-0.2, 0) is 17.4 Å². The van der Waals surface area contributed by atoms with Gasteiger partial charge in [0.05, 0.1) is 0 Å². The quantitative estimate of drug-likeness (QED) is 0.759. The van der Waals surface area contributed by atoms with Crippen LogP contribution in [0.2, 0.25) is 0 Å². The van der Waals surface area contributed by atoms with E-state index in [4.69, 9.17) is 0 Å². The molecule has 1 aliphatic heterocycles. The molecule has 2 aromatic heterocycles. The molecule has 10 heteroatoms. The number of rotatable bonds is 2. The first-order valence-corrected chi connectivity index (χ1v) is 7.80. The Morgan fingerprint density at radius 3 is 2.73 bits per heavy atom. The number of aromatic nitrogens is 4. The van der Waals surface area contributed by atoms with E-state index in [-0.39, 0.29) is 17.4 Å². The van der Waals surface area contributed by atoms with Crippen LogP contribution in [0.1, 0.15) is 18.3 Å². The van der Waals surface area contributed by atoms with E-state index in [0.29, 0.717) is 16.7 Å². The van der Waals surface area contributed by atoms with Gasteiger partial charge in [-0.25, -0.2) is 0 Å². The van der Waals surface area contributed by atoms with Crippen molar-refractivity contribution in [2.45, 2.75) is 19.5 Å². The number of hydrogen-bond donors (Lipinski definition) is 1. The fraction of sp³-hybridized carbons (Fsp3) is 0.250. The van der Waals surface area contributed by atoms with E-state index in [1.165, 1.54) is 19.1 Å². The van der Waals surface area contributed by atoms with Crippen LogP contribution in [0.25, 0.3) is 5.65 Å². The van der Waals surface area contributed by atoms with Crippen molar-refractivity contribution in [3.8, 4) is 0 Å². The molecule has 7 nitrogen and oxygen atoms in total. The van der Waals surface area contributed by atoms with Crippen LogP contribution >= 0.6 is 0 Å². The van der Waals surface area contributed by atoms with Crippen molar-refractivity contribution in [2.24, 2.45) is 0 Å². The van der Waals surface area contributed by atoms with Gasteiger partial charge in [0, 0.05) is 24.8 Å². The Morgan fingerprint density at radius 2 is 2.00 bits per heavy atom. The van der Waals surface area contributed by atoms with Crippen LogP contribution in [0.15, 0.2) is 30.3 Å². The van der Waals surface area contributed by atoms with E-state index < -0.39 is 12.0 Å². The first-order valence-electron chi connectivity index (χ1n) is 7.80. The molecule has 1 N–H and O–H groups in total. The number of anilines is 3. The summed E-state index contributed by atoms with van der Waals surface area (Å²) in [5.41, 5.74) is 2.52. The van der Waals surface area contributed by atoms with Crippen molar-refractivity contribution >= 4 is 28.7 Å². The van der Waals surface area contributed by atoms with Crippen LogP contribution in [0.3, 0.4) is 0 Å². The van der Waals surface area contributed by atoms with Gasteiger partial charge in [-0.1, -0.05) is 0 Å². The molecule has 0 saturated heterocycles. The van der Waals surface area contributed by atoms with E-state index in [1.807, 2.05) is 12.1 Å². The van der Waals surface area contributed by atoms with Gasteiger partial charge in [0.2, 0.25) is 5.91 Å². The minimum atomic E-state index is -4.64. The number of fused-ring (bicyclic) bond motifs is 2. The van der Waals surface area contributed by atoms with Crippen LogP contribution in [0.4, 0.5) is 30.4 Å². The Balaban J connectivity index is 1.65. The zero-order valence-corrected chi connectivity index (χ0v) is 13.6. The molecule has 0 atom stereocenters. The molecule has 134 valence electrons. The average Bonchev–Trinajstić information content (AvgIpc) is 3.17. The lowest BCUT2D eigenvalue weighted by molar-refractivity contribution is -0.146. The molecule has 0 bridgehead atoms. The van der Waals surface area contributed by atoms with Crippen LogP contribution in [0.5, 0.6) is 0 Å². The fourth-order valence-corrected chi connectivity index (χ4v) is 2.99. The number of nitrogens with zero attached hydrogens (tertiary/aromatic N) is 5. The van der Waals surface area contributed by atoms with Gasteiger partial charge in [-0.15, -0.1) is 15.3 Å². The third-order valence-corrected chi connectivity index (χ3v) is 4.14. The predicted octanol–water partition coefficient (Wildman–Crippen LogP) is 2.80. The molecule has 0 aliphatic carbocycles. The van der Waals surface area contributed by atoms with Gasteiger partial charge in [-0.3, -0.25) is 4.79 Å². The Hall–Kier alpha value is -3.17. The Morgan fingerprint density at radius 1 is 1.19 bits per heavy atom. The molecule has 4 rings (SSSR count). The molecule has 1 aromatic carbocycles. The molecule has 1 aliphatic rings. The summed E-state index contributed by atoms with van der Waals surface area (Å²) in [5, 5.41) is 13.5. The van der Waals surface area contributed by atoms with Crippen LogP contribution < -0.4 is 10.2 Å². The smallest absolute Gasteiger partial charge is 0.339 e. The maximum Gasteiger partial charge on any atom is 0.453 e. The van der Waals surface area contributed by atoms with Gasteiger partial charge in [-0.2, -0.15) is 17.7 Å². The molecule has 1 amide bonds. The molecule has 3 heterocycles. The van der Waals surface area contributed by atoms with E-state index >= 15 is 0 Å². The fourth-order valence-electron chi connectivity index (χ4n) is 2.99. The van der Waals surface area contributed by atoms with Crippen LogP contribution in [-0.4, -0.2) is 32.3 Å². The summed E-state index contributed by atoms with van der Waals surface area (Å²) in [6.45, 7) is 2.13. The SMILES string of the molecule is CC(=O)N1CCc2cc(Nc3ccc4nnc(C(F)(F)F)n4n3)ccc21. The summed E-state index contributed by atoms with van der Waals surface area (Å²) in [6.07, 6.45) is -3.92. The highest BCUT2D eigenvalue weighted by atomic mass is 19.4. The molecule has 0 saturated carbocycles. The molecular formula is C16H13F3N6O. The van der Waals surface area contributed by atoms with Gasteiger partial charge in [0.25, 0.3) is 5.82 Å². The number of halogens is 3. The number of benzene rings is 1. The zero-order chi connectivity index (χ0) is 18.5. The Kier molecular flexibility index (Phi) is 3.56. The predicted molar refractivity (Wildman–Crippen MR) is 87.2 cm³/mol. The topological polar surface area (TPSA) is 75.4 Å². The summed E-state index contributed by atoms with van der Waals surface area (Å²) in [4.78, 5) is 13.3. The minimum Gasteiger partial charge on any atom is -0.339 e. The van der Waals surface area contributed by atoms with Crippen molar-refractivity contribution in [2.75, 3.05) is 16.8 Å². The normalized spacial score (nSPS) is 13.9. The third-order valence-electron chi connectivity index (χ3n) is 4.14. The van der Waals surface area contributed by atoms with Gasteiger partial charge in [-0.05, 0) is 42.3 Å². The van der Waals surface area contributed by atoms with Gasteiger partial charge in [0.15, 0.2) is 11.5 Å². The summed E-state index contributed by atoms with van der Waals surface area (Å²) in [6, 6.07) is 8.36. The Bertz CT molecular complexity index is 1010. The molecule has 0 spiro atoms. The highest BCUT2D eigenvalue weighted by Gasteiger charge is 2.37. The number of carbonyl (C=O) groups is 1. The molecule has 0 fully saturated rings. The zero-order valence-electron chi connectivity index (χ0n) is 13.6. The van der Waals surface area contributed by atoms with Crippen molar-refractivity contribution in [3.05, 3.63) is 41.7 Å². The van der Waals surface area contributed by atoms with Crippen molar-refractivity contribution < 1.29 is 18.0 Å². The first kappa shape index (κ1) is 16.3. The first-order chi connectivity index (χ1) is 12.3. The van der Waals surface area contributed by atoms with E-state index in [1.54, 1.807) is 11.0 Å². The van der Waals surface area contributed by atoms with E-state index in [9.17, 15) is 18.0 Å². The maximum atomic E-state index is 12.9. The van der Waals surface area contributed by atoms with Gasteiger partial charge >= 0.3 is 6.18 Å². The standard InChI is InChI=1S/C16H13F3N6O/c1-9(26)24-7-6-10-8-11(2-3-12(10)24)20-13-4-5-14-21-22-15(16(17,18)19)25(14)23-13/h2-5,8H,6-7H2,1H3,(H,20,23). The monoisotopic (exact) mass is 362 g/mol. The molecule has 26 heavy (non-hydrogen) atoms. The number of hydrogen-bond acceptors (Lipinski definition) is 5. The second kappa shape index (κ2) is 5.68. The van der Waals surface area contributed by atoms with Crippen LogP contribution in [0, 0.1) is 0 Å². The molecule has 3 aromatic rings. The van der Waals surface area contributed by atoms with Gasteiger partial charge < -0.3 is 10.2 Å². The van der Waals surface area contributed by atoms with Crippen molar-refractivity contribution in [1.82, 2.24) is 19.8 Å². The lowest BCUT2D eigenvalue weighted by atomic mass is 10.1. The number of carbonyl (C=O) groups excluding carboxylic acids is 1. The summed E-state index contributed by atoms with van der Waals surface area (Å²) >= 11 is 0. The highest BCUT2D eigenvalue weighted by molar-refractivity contribution is 5.94. The maximum absolute atomic E-state index is 12.9. The van der Waals surface area contributed by atoms with Crippen molar-refractivity contribution in [3.63, 3.8) is 0 Å². The number of amides is 1. The second-order valence-corrected chi connectivity index (χ2v) is 5.90. The number of nitrogens with one attached hydrogen (secondary N) is 1. The third kappa shape index (κ3) is 2.72.